The van der Waals surface area contributed by atoms with Gasteiger partial charge in [-0.2, -0.15) is 0 Å². The Labute approximate surface area is 471 Å². The monoisotopic (exact) mass is 1030 g/mol. The summed E-state index contributed by atoms with van der Waals surface area (Å²) in [5.41, 5.74) is 23.3. The highest BCUT2D eigenvalue weighted by molar-refractivity contribution is 5.98. The first kappa shape index (κ1) is 47.5. The van der Waals surface area contributed by atoms with Crippen LogP contribution < -0.4 is 0 Å². The van der Waals surface area contributed by atoms with Gasteiger partial charge in [0.25, 0.3) is 0 Å². The third kappa shape index (κ3) is 8.41. The summed E-state index contributed by atoms with van der Waals surface area (Å²) in [6.45, 7) is 0. The second-order valence-corrected chi connectivity index (χ2v) is 20.9. The molecule has 0 radical (unpaired) electrons. The van der Waals surface area contributed by atoms with Gasteiger partial charge in [-0.25, -0.2) is 19.9 Å². The lowest BCUT2D eigenvalue weighted by atomic mass is 9.67. The number of fused-ring (bicyclic) bond motifs is 5. The van der Waals surface area contributed by atoms with Gasteiger partial charge in [-0.05, 0) is 114 Å². The first-order chi connectivity index (χ1) is 40.1. The molecule has 0 saturated heterocycles. The summed E-state index contributed by atoms with van der Waals surface area (Å²) in [5, 5.41) is 1.99. The molecule has 14 aromatic rings. The van der Waals surface area contributed by atoms with Crippen LogP contribution in [0.15, 0.2) is 303 Å². The summed E-state index contributed by atoms with van der Waals surface area (Å²) < 4.78 is 0. The number of benzene rings is 12. The second kappa shape index (κ2) is 20.0. The highest BCUT2D eigenvalue weighted by Crippen LogP contribution is 2.58. The molecule has 0 spiro atoms. The van der Waals surface area contributed by atoms with E-state index < -0.39 is 5.41 Å². The lowest BCUT2D eigenvalue weighted by Crippen LogP contribution is -2.28. The van der Waals surface area contributed by atoms with Crippen LogP contribution in [0.25, 0.3) is 123 Å². The van der Waals surface area contributed by atoms with E-state index in [1.807, 2.05) is 0 Å². The van der Waals surface area contributed by atoms with Crippen LogP contribution in [0.3, 0.4) is 0 Å². The first-order valence-electron chi connectivity index (χ1n) is 27.6. The molecule has 0 atom stereocenters. The molecular weight excluding hydrogens is 981 g/mol. The van der Waals surface area contributed by atoms with Crippen LogP contribution in [0.2, 0.25) is 0 Å². The van der Waals surface area contributed by atoms with Crippen molar-refractivity contribution < 1.29 is 0 Å². The van der Waals surface area contributed by atoms with E-state index in [0.717, 1.165) is 77.7 Å². The van der Waals surface area contributed by atoms with Crippen LogP contribution >= 0.6 is 0 Å². The molecule has 0 fully saturated rings. The van der Waals surface area contributed by atoms with Crippen molar-refractivity contribution in [3.05, 3.63) is 326 Å². The second-order valence-electron chi connectivity index (χ2n) is 20.9. The molecule has 81 heavy (non-hydrogen) atoms. The SMILES string of the molecule is c1ccc(-c2cccc(-c3ccc(-c4nc(-c5ccc6c(c5)C(c5ccccc5)(c5ccccc5)c5cc(-c7nc(-c8ccc(-c9cccc(-c%10ccccc%10)c9)cc8)nc8ccccc78)ccc5-6)c5ccccc5n4)cc3)c2)cc1. The van der Waals surface area contributed by atoms with Crippen molar-refractivity contribution in [3.63, 3.8) is 0 Å². The minimum atomic E-state index is -0.710. The fourth-order valence-corrected chi connectivity index (χ4v) is 12.3. The van der Waals surface area contributed by atoms with Crippen molar-refractivity contribution in [2.75, 3.05) is 0 Å². The van der Waals surface area contributed by atoms with E-state index in [-0.39, 0.29) is 0 Å². The zero-order chi connectivity index (χ0) is 53.7. The van der Waals surface area contributed by atoms with Crippen molar-refractivity contribution >= 4 is 21.8 Å². The smallest absolute Gasteiger partial charge is 0.160 e. The van der Waals surface area contributed by atoms with E-state index >= 15 is 0 Å². The molecule has 2 heterocycles. The van der Waals surface area contributed by atoms with Crippen LogP contribution in [0.5, 0.6) is 0 Å². The number of para-hydroxylation sites is 2. The summed E-state index contributed by atoms with van der Waals surface area (Å²) in [4.78, 5) is 21.4. The minimum absolute atomic E-state index is 0.681. The molecule has 4 nitrogen and oxygen atoms in total. The third-order valence-corrected chi connectivity index (χ3v) is 16.2. The van der Waals surface area contributed by atoms with Crippen molar-refractivity contribution in [1.29, 1.82) is 0 Å². The molecule has 0 unspecified atom stereocenters. The molecule has 0 aliphatic heterocycles. The highest BCUT2D eigenvalue weighted by atomic mass is 14.9. The molecule has 0 saturated carbocycles. The first-order valence-corrected chi connectivity index (χ1v) is 27.6. The number of nitrogens with zero attached hydrogens (tertiary/aromatic N) is 4. The molecular formula is C77H50N4. The molecule has 0 bridgehead atoms. The van der Waals surface area contributed by atoms with E-state index in [1.54, 1.807) is 0 Å². The Kier molecular flexibility index (Phi) is 11.7. The Bertz CT molecular complexity index is 4350. The average Bonchev–Trinajstić information content (AvgIpc) is 3.97. The molecule has 2 aromatic heterocycles. The van der Waals surface area contributed by atoms with Crippen molar-refractivity contribution in [1.82, 2.24) is 19.9 Å². The number of hydrogen-bond donors (Lipinski definition) is 0. The van der Waals surface area contributed by atoms with Crippen LogP contribution in [-0.2, 0) is 5.41 Å². The molecule has 12 aromatic carbocycles. The molecule has 15 rings (SSSR count). The van der Waals surface area contributed by atoms with Crippen molar-refractivity contribution in [2.45, 2.75) is 5.41 Å². The van der Waals surface area contributed by atoms with Gasteiger partial charge in [0.2, 0.25) is 0 Å². The van der Waals surface area contributed by atoms with E-state index in [0.29, 0.717) is 11.6 Å². The number of rotatable bonds is 10. The standard InChI is InChI=1S/C77H50N4/c1-5-19-51(20-6-1)57-23-17-25-59(47-57)53-35-39-55(40-36-53)75-78-71-33-15-13-31-67(71)73(80-75)61-43-45-65-66-46-44-62(50-70(66)77(69(65)49-61,63-27-9-3-10-28-63)64-29-11-4-12-30-64)74-68-32-14-16-34-72(68)79-76(81-74)56-41-37-54(38-42-56)60-26-18-24-58(48-60)52-21-7-2-8-22-52/h1-50H. The Morgan fingerprint density at radius 3 is 0.914 bits per heavy atom. The summed E-state index contributed by atoms with van der Waals surface area (Å²) in [6.07, 6.45) is 0. The molecule has 0 N–H and O–H groups in total. The van der Waals surface area contributed by atoms with Crippen molar-refractivity contribution in [3.8, 4) is 101 Å². The Morgan fingerprint density at radius 2 is 0.519 bits per heavy atom. The number of hydrogen-bond acceptors (Lipinski definition) is 4. The van der Waals surface area contributed by atoms with Crippen molar-refractivity contribution in [2.24, 2.45) is 0 Å². The Morgan fingerprint density at radius 1 is 0.210 bits per heavy atom. The summed E-state index contributed by atoms with van der Waals surface area (Å²) in [6, 6.07) is 109. The van der Waals surface area contributed by atoms with E-state index in [1.165, 1.54) is 55.6 Å². The van der Waals surface area contributed by atoms with Gasteiger partial charge in [0.15, 0.2) is 11.6 Å². The largest absolute Gasteiger partial charge is 0.228 e. The predicted octanol–water partition coefficient (Wildman–Crippen LogP) is 19.3. The van der Waals surface area contributed by atoms with Gasteiger partial charge < -0.3 is 0 Å². The minimum Gasteiger partial charge on any atom is -0.228 e. The molecule has 1 aliphatic rings. The highest BCUT2D eigenvalue weighted by Gasteiger charge is 2.46. The van der Waals surface area contributed by atoms with E-state index in [4.69, 9.17) is 19.9 Å². The average molecular weight is 1030 g/mol. The fourth-order valence-electron chi connectivity index (χ4n) is 12.3. The topological polar surface area (TPSA) is 51.6 Å². The van der Waals surface area contributed by atoms with Gasteiger partial charge in [-0.15, -0.1) is 0 Å². The maximum Gasteiger partial charge on any atom is 0.160 e. The fraction of sp³-hybridized carbons (Fsp3) is 0.0130. The maximum absolute atomic E-state index is 5.49. The number of aromatic nitrogens is 4. The zero-order valence-electron chi connectivity index (χ0n) is 44.2. The molecule has 0 amide bonds. The molecule has 4 heteroatoms. The zero-order valence-corrected chi connectivity index (χ0v) is 44.2. The van der Waals surface area contributed by atoms with Crippen LogP contribution in [0, 0.1) is 0 Å². The van der Waals surface area contributed by atoms with Gasteiger partial charge in [-0.3, -0.25) is 0 Å². The maximum atomic E-state index is 5.49. The summed E-state index contributed by atoms with van der Waals surface area (Å²) in [5.74, 6) is 1.36. The predicted molar refractivity (Wildman–Crippen MR) is 333 cm³/mol. The lowest BCUT2D eigenvalue weighted by Gasteiger charge is -2.34. The van der Waals surface area contributed by atoms with Gasteiger partial charge >= 0.3 is 0 Å². The molecule has 378 valence electrons. The Balaban J connectivity index is 0.850. The van der Waals surface area contributed by atoms with Gasteiger partial charge in [0.05, 0.1) is 27.8 Å². The van der Waals surface area contributed by atoms with Crippen LogP contribution in [0.4, 0.5) is 0 Å². The Hall–Kier alpha value is -10.7. The summed E-state index contributed by atoms with van der Waals surface area (Å²) in [7, 11) is 0. The normalized spacial score (nSPS) is 12.3. The van der Waals surface area contributed by atoms with Gasteiger partial charge in [0.1, 0.15) is 0 Å². The van der Waals surface area contributed by atoms with Gasteiger partial charge in [0, 0.05) is 33.0 Å². The van der Waals surface area contributed by atoms with Gasteiger partial charge in [-0.1, -0.05) is 267 Å². The molecule has 1 aliphatic carbocycles. The quantitative estimate of drug-likeness (QED) is 0.137. The summed E-state index contributed by atoms with van der Waals surface area (Å²) >= 11 is 0. The van der Waals surface area contributed by atoms with Crippen LogP contribution in [0.1, 0.15) is 22.3 Å². The van der Waals surface area contributed by atoms with E-state index in [9.17, 15) is 0 Å². The van der Waals surface area contributed by atoms with E-state index in [2.05, 4.69) is 303 Å². The lowest BCUT2D eigenvalue weighted by molar-refractivity contribution is 0.769. The third-order valence-electron chi connectivity index (χ3n) is 16.2. The van der Waals surface area contributed by atoms with Crippen LogP contribution in [-0.4, -0.2) is 19.9 Å².